The van der Waals surface area contributed by atoms with Crippen LogP contribution >= 0.6 is 0 Å². The summed E-state index contributed by atoms with van der Waals surface area (Å²) >= 11 is 0. The zero-order valence-corrected chi connectivity index (χ0v) is 14.8. The van der Waals surface area contributed by atoms with Gasteiger partial charge in [-0.25, -0.2) is 0 Å². The van der Waals surface area contributed by atoms with Gasteiger partial charge >= 0.3 is 0 Å². The lowest BCUT2D eigenvalue weighted by Gasteiger charge is -2.18. The van der Waals surface area contributed by atoms with Crippen LogP contribution in [-0.4, -0.2) is 36.2 Å². The smallest absolute Gasteiger partial charge is 0.113 e. The monoisotopic (exact) mass is 332 g/mol. The molecule has 1 fully saturated rings. The quantitative estimate of drug-likeness (QED) is 0.705. The number of aliphatic hydroxyl groups is 1. The highest BCUT2D eigenvalue weighted by molar-refractivity contribution is 6.33. The Bertz CT molecular complexity index is 836. The third-order valence-electron chi connectivity index (χ3n) is 5.44. The fourth-order valence-corrected chi connectivity index (χ4v) is 4.14. The molecule has 3 nitrogen and oxygen atoms in total. The minimum absolute atomic E-state index is 0.404. The standard InChI is InChI=1S/C21H25BN2O/c1-14-6-8-20-18(10-14)19-11-15(22)7-9-21(19)24(20)13-17(25)12-23-16-4-2-3-5-16/h6-11,16-17,23,25H,2-5,12-13H2,1H3. The number of hydrogen-bond acceptors (Lipinski definition) is 2. The minimum Gasteiger partial charge on any atom is -0.390 e. The van der Waals surface area contributed by atoms with Crippen molar-refractivity contribution in [2.75, 3.05) is 6.54 Å². The molecule has 1 unspecified atom stereocenters. The predicted octanol–water partition coefficient (Wildman–Crippen LogP) is 2.79. The lowest BCUT2D eigenvalue weighted by Crippen LogP contribution is -2.35. The van der Waals surface area contributed by atoms with Gasteiger partial charge in [-0.2, -0.15) is 0 Å². The Balaban J connectivity index is 1.65. The van der Waals surface area contributed by atoms with Gasteiger partial charge in [-0.3, -0.25) is 0 Å². The highest BCUT2D eigenvalue weighted by Crippen LogP contribution is 2.29. The number of aromatic nitrogens is 1. The fraction of sp³-hybridized carbons (Fsp3) is 0.429. The Morgan fingerprint density at radius 3 is 2.56 bits per heavy atom. The van der Waals surface area contributed by atoms with Gasteiger partial charge in [-0.15, -0.1) is 0 Å². The second-order valence-corrected chi connectivity index (χ2v) is 7.45. The molecule has 1 aliphatic rings. The highest BCUT2D eigenvalue weighted by atomic mass is 16.3. The molecule has 3 aromatic rings. The molecule has 1 atom stereocenters. The van der Waals surface area contributed by atoms with Gasteiger partial charge in [0, 0.05) is 34.4 Å². The number of hydrogen-bond donors (Lipinski definition) is 2. The van der Waals surface area contributed by atoms with Crippen LogP contribution in [0.15, 0.2) is 36.4 Å². The maximum absolute atomic E-state index is 10.6. The number of rotatable bonds is 5. The van der Waals surface area contributed by atoms with E-state index in [9.17, 15) is 5.11 Å². The van der Waals surface area contributed by atoms with Gasteiger partial charge < -0.3 is 15.0 Å². The molecular weight excluding hydrogens is 307 g/mol. The second kappa shape index (κ2) is 6.85. The third kappa shape index (κ3) is 3.33. The van der Waals surface area contributed by atoms with E-state index in [0.29, 0.717) is 19.1 Å². The van der Waals surface area contributed by atoms with Crippen LogP contribution in [0, 0.1) is 6.92 Å². The number of fused-ring (bicyclic) bond motifs is 3. The molecule has 25 heavy (non-hydrogen) atoms. The molecule has 2 aromatic carbocycles. The average Bonchev–Trinajstić information content (AvgIpc) is 3.20. The summed E-state index contributed by atoms with van der Waals surface area (Å²) in [6, 6.07) is 13.1. The number of aryl methyl sites for hydroxylation is 1. The third-order valence-corrected chi connectivity index (χ3v) is 5.44. The van der Waals surface area contributed by atoms with Crippen molar-refractivity contribution in [2.24, 2.45) is 0 Å². The number of aliphatic hydroxyl groups excluding tert-OH is 1. The maximum atomic E-state index is 10.6. The van der Waals surface area contributed by atoms with Crippen LogP contribution in [0.25, 0.3) is 21.8 Å². The molecule has 0 aliphatic heterocycles. The molecule has 4 heteroatoms. The SMILES string of the molecule is [B]c1ccc2c(c1)c1cc(C)ccc1n2CC(O)CNC1CCCC1. The minimum atomic E-state index is -0.404. The van der Waals surface area contributed by atoms with Crippen LogP contribution in [0.5, 0.6) is 0 Å². The summed E-state index contributed by atoms with van der Waals surface area (Å²) in [5.41, 5.74) is 4.30. The van der Waals surface area contributed by atoms with E-state index in [4.69, 9.17) is 7.85 Å². The van der Waals surface area contributed by atoms with Crippen molar-refractivity contribution in [1.82, 2.24) is 9.88 Å². The first-order valence-corrected chi connectivity index (χ1v) is 9.31. The van der Waals surface area contributed by atoms with Gasteiger partial charge in [-0.05, 0) is 38.0 Å². The van der Waals surface area contributed by atoms with Crippen LogP contribution < -0.4 is 10.8 Å². The van der Waals surface area contributed by atoms with Gasteiger partial charge in [0.1, 0.15) is 7.85 Å². The van der Waals surface area contributed by atoms with Crippen molar-refractivity contribution in [2.45, 2.75) is 51.3 Å². The summed E-state index contributed by atoms with van der Waals surface area (Å²) in [4.78, 5) is 0. The van der Waals surface area contributed by atoms with E-state index < -0.39 is 6.10 Å². The van der Waals surface area contributed by atoms with Gasteiger partial charge in [-0.1, -0.05) is 42.1 Å². The van der Waals surface area contributed by atoms with Crippen LogP contribution in [0.1, 0.15) is 31.2 Å². The molecule has 1 saturated carbocycles. The summed E-state index contributed by atoms with van der Waals surface area (Å²) in [5.74, 6) is 0. The summed E-state index contributed by atoms with van der Waals surface area (Å²) < 4.78 is 2.23. The van der Waals surface area contributed by atoms with Crippen molar-refractivity contribution in [1.29, 1.82) is 0 Å². The number of nitrogens with one attached hydrogen (secondary N) is 1. The van der Waals surface area contributed by atoms with Crippen LogP contribution in [-0.2, 0) is 6.54 Å². The molecular formula is C21H25BN2O. The van der Waals surface area contributed by atoms with Crippen LogP contribution in [0.4, 0.5) is 0 Å². The first-order valence-electron chi connectivity index (χ1n) is 9.31. The molecule has 0 amide bonds. The van der Waals surface area contributed by atoms with E-state index in [-0.39, 0.29) is 0 Å². The van der Waals surface area contributed by atoms with Crippen molar-refractivity contribution < 1.29 is 5.11 Å². The lowest BCUT2D eigenvalue weighted by molar-refractivity contribution is 0.150. The molecule has 0 saturated heterocycles. The van der Waals surface area contributed by atoms with Crippen LogP contribution in [0.3, 0.4) is 0 Å². The Kier molecular flexibility index (Phi) is 4.57. The van der Waals surface area contributed by atoms with Crippen molar-refractivity contribution in [3.05, 3.63) is 42.0 Å². The molecule has 0 bridgehead atoms. The molecule has 1 aromatic heterocycles. The summed E-state index contributed by atoms with van der Waals surface area (Å²) in [6.45, 7) is 3.34. The van der Waals surface area contributed by atoms with E-state index in [1.807, 2.05) is 12.1 Å². The molecule has 4 rings (SSSR count). The van der Waals surface area contributed by atoms with Crippen molar-refractivity contribution in [3.8, 4) is 0 Å². The zero-order chi connectivity index (χ0) is 17.4. The summed E-state index contributed by atoms with van der Waals surface area (Å²) in [7, 11) is 6.01. The van der Waals surface area contributed by atoms with Crippen molar-refractivity contribution in [3.63, 3.8) is 0 Å². The van der Waals surface area contributed by atoms with E-state index >= 15 is 0 Å². The Morgan fingerprint density at radius 2 is 1.80 bits per heavy atom. The highest BCUT2D eigenvalue weighted by Gasteiger charge is 2.17. The Morgan fingerprint density at radius 1 is 1.12 bits per heavy atom. The number of nitrogens with zero attached hydrogens (tertiary/aromatic N) is 1. The largest absolute Gasteiger partial charge is 0.390 e. The lowest BCUT2D eigenvalue weighted by atomic mass is 9.94. The fourth-order valence-electron chi connectivity index (χ4n) is 4.14. The summed E-state index contributed by atoms with van der Waals surface area (Å²) in [5, 5.41) is 16.5. The van der Waals surface area contributed by atoms with Gasteiger partial charge in [0.2, 0.25) is 0 Å². The predicted molar refractivity (Wildman–Crippen MR) is 106 cm³/mol. The van der Waals surface area contributed by atoms with Crippen LogP contribution in [0.2, 0.25) is 0 Å². The topological polar surface area (TPSA) is 37.2 Å². The Labute approximate surface area is 150 Å². The van der Waals surface area contributed by atoms with Gasteiger partial charge in [0.05, 0.1) is 12.6 Å². The zero-order valence-electron chi connectivity index (χ0n) is 14.8. The molecule has 128 valence electrons. The second-order valence-electron chi connectivity index (χ2n) is 7.45. The molecule has 0 spiro atoms. The Hall–Kier alpha value is -1.78. The maximum Gasteiger partial charge on any atom is 0.113 e. The van der Waals surface area contributed by atoms with Gasteiger partial charge in [0.25, 0.3) is 0 Å². The van der Waals surface area contributed by atoms with E-state index in [1.54, 1.807) is 0 Å². The van der Waals surface area contributed by atoms with Crippen molar-refractivity contribution >= 4 is 35.1 Å². The van der Waals surface area contributed by atoms with E-state index in [1.165, 1.54) is 36.6 Å². The summed E-state index contributed by atoms with van der Waals surface area (Å²) in [6.07, 6.45) is 4.68. The van der Waals surface area contributed by atoms with E-state index in [2.05, 4.69) is 41.1 Å². The average molecular weight is 332 g/mol. The first kappa shape index (κ1) is 16.7. The van der Waals surface area contributed by atoms with E-state index in [0.717, 1.165) is 21.9 Å². The molecule has 2 N–H and O–H groups in total. The van der Waals surface area contributed by atoms with Gasteiger partial charge in [0.15, 0.2) is 0 Å². The molecule has 1 heterocycles. The normalized spacial score (nSPS) is 16.9. The molecule has 1 aliphatic carbocycles. The molecule has 2 radical (unpaired) electrons. The number of benzene rings is 2. The first-order chi connectivity index (χ1) is 12.1.